The fourth-order valence-electron chi connectivity index (χ4n) is 2.44. The van der Waals surface area contributed by atoms with E-state index in [-0.39, 0.29) is 6.61 Å². The van der Waals surface area contributed by atoms with Gasteiger partial charge in [-0.2, -0.15) is 0 Å². The van der Waals surface area contributed by atoms with E-state index in [9.17, 15) is 0 Å². The summed E-state index contributed by atoms with van der Waals surface area (Å²) in [6.07, 6.45) is 0. The van der Waals surface area contributed by atoms with E-state index in [1.54, 1.807) is 0 Å². The maximum atomic E-state index is 8.70. The zero-order valence-corrected chi connectivity index (χ0v) is 14.5. The summed E-state index contributed by atoms with van der Waals surface area (Å²) in [6.45, 7) is 0.643. The fraction of sp³-hybridized carbons (Fsp3) is 0.158. The highest BCUT2D eigenvalue weighted by atomic mass is 79.9. The molecular weight excluding hydrogens is 366 g/mol. The molecule has 3 rings (SSSR count). The number of aliphatic hydroxyl groups is 1. The second-order valence-corrected chi connectivity index (χ2v) is 6.04. The number of benzene rings is 2. The highest BCUT2D eigenvalue weighted by molar-refractivity contribution is 9.10. The molecule has 0 saturated carbocycles. The Labute approximate surface area is 149 Å². The predicted molar refractivity (Wildman–Crippen MR) is 102 cm³/mol. The predicted octanol–water partition coefficient (Wildman–Crippen LogP) is 3.11. The molecule has 4 nitrogen and oxygen atoms in total. The summed E-state index contributed by atoms with van der Waals surface area (Å²) in [6, 6.07) is 16.2. The molecule has 1 heterocycles. The van der Waals surface area contributed by atoms with E-state index in [0.29, 0.717) is 13.1 Å². The molecule has 0 saturated heterocycles. The van der Waals surface area contributed by atoms with Gasteiger partial charge in [-0.3, -0.25) is 9.98 Å². The molecule has 0 unspecified atom stereocenters. The van der Waals surface area contributed by atoms with Crippen LogP contribution in [0.5, 0.6) is 0 Å². The Hall–Kier alpha value is -2.42. The number of halogens is 1. The largest absolute Gasteiger partial charge is 0.384 e. The van der Waals surface area contributed by atoms with Crippen LogP contribution in [0.3, 0.4) is 0 Å². The first-order valence-corrected chi connectivity index (χ1v) is 8.34. The van der Waals surface area contributed by atoms with Crippen molar-refractivity contribution in [2.75, 3.05) is 25.0 Å². The Balaban J connectivity index is 2.00. The molecule has 0 radical (unpaired) electrons. The summed E-state index contributed by atoms with van der Waals surface area (Å²) in [5.41, 5.74) is 4.01. The summed E-state index contributed by atoms with van der Waals surface area (Å²) in [7, 11) is 0. The van der Waals surface area contributed by atoms with Crippen LogP contribution in [0.15, 0.2) is 63.0 Å². The van der Waals surface area contributed by atoms with Gasteiger partial charge >= 0.3 is 0 Å². The van der Waals surface area contributed by atoms with Gasteiger partial charge < -0.3 is 10.4 Å². The molecule has 0 spiro atoms. The summed E-state index contributed by atoms with van der Waals surface area (Å²) >= 11 is 3.52. The molecule has 2 aromatic carbocycles. The Bertz CT molecular complexity index is 848. The Morgan fingerprint density at radius 2 is 2.00 bits per heavy atom. The van der Waals surface area contributed by atoms with E-state index in [2.05, 4.69) is 50.2 Å². The number of hydrogen-bond donors (Lipinski definition) is 2. The van der Waals surface area contributed by atoms with E-state index in [4.69, 9.17) is 10.1 Å². The zero-order chi connectivity index (χ0) is 16.8. The molecule has 2 N–H and O–H groups in total. The van der Waals surface area contributed by atoms with Gasteiger partial charge in [-0.25, -0.2) is 0 Å². The Morgan fingerprint density at radius 1 is 1.17 bits per heavy atom. The standard InChI is InChI=1S/C19H16BrN3O/c20-15-8-9-16-17(12-15)23-18(21-10-4-5-11-24)13-22-19(16)14-6-2-1-3-7-14/h1-3,6-9,12,24H,10-11,13H2,(H,21,23). The molecule has 5 heteroatoms. The molecule has 0 bridgehead atoms. The van der Waals surface area contributed by atoms with Crippen molar-refractivity contribution in [1.82, 2.24) is 0 Å². The average molecular weight is 382 g/mol. The number of nitrogens with one attached hydrogen (secondary N) is 1. The highest BCUT2D eigenvalue weighted by Gasteiger charge is 2.17. The van der Waals surface area contributed by atoms with Gasteiger partial charge in [-0.1, -0.05) is 58.1 Å². The summed E-state index contributed by atoms with van der Waals surface area (Å²) < 4.78 is 0.988. The maximum absolute atomic E-state index is 8.70. The van der Waals surface area contributed by atoms with Crippen LogP contribution < -0.4 is 5.32 Å². The van der Waals surface area contributed by atoms with Gasteiger partial charge in [0.25, 0.3) is 0 Å². The first-order chi connectivity index (χ1) is 11.8. The third-order valence-electron chi connectivity index (χ3n) is 3.50. The molecule has 120 valence electrons. The minimum Gasteiger partial charge on any atom is -0.384 e. The van der Waals surface area contributed by atoms with Gasteiger partial charge in [0, 0.05) is 15.6 Å². The van der Waals surface area contributed by atoms with Crippen molar-refractivity contribution >= 4 is 33.2 Å². The lowest BCUT2D eigenvalue weighted by molar-refractivity contribution is 0.350. The first kappa shape index (κ1) is 16.4. The van der Waals surface area contributed by atoms with E-state index in [0.717, 1.165) is 32.8 Å². The first-order valence-electron chi connectivity index (χ1n) is 7.54. The zero-order valence-electron chi connectivity index (χ0n) is 13.0. The van der Waals surface area contributed by atoms with E-state index in [1.807, 2.05) is 36.4 Å². The molecule has 1 aliphatic heterocycles. The number of rotatable bonds is 2. The number of amidine groups is 1. The van der Waals surface area contributed by atoms with Crippen LogP contribution in [0.2, 0.25) is 0 Å². The van der Waals surface area contributed by atoms with Crippen LogP contribution in [-0.4, -0.2) is 36.4 Å². The van der Waals surface area contributed by atoms with Crippen molar-refractivity contribution in [3.63, 3.8) is 0 Å². The lowest BCUT2D eigenvalue weighted by atomic mass is 10.0. The van der Waals surface area contributed by atoms with Crippen LogP contribution in [0.1, 0.15) is 11.1 Å². The molecule has 0 aromatic heterocycles. The number of hydrogen-bond acceptors (Lipinski definition) is 3. The highest BCUT2D eigenvalue weighted by Crippen LogP contribution is 2.26. The molecular formula is C19H16BrN3O. The topological polar surface area (TPSA) is 57.0 Å². The molecule has 0 fully saturated rings. The lowest BCUT2D eigenvalue weighted by Crippen LogP contribution is -2.15. The second-order valence-electron chi connectivity index (χ2n) is 5.12. The smallest absolute Gasteiger partial charge is 0.124 e. The minimum absolute atomic E-state index is 0.148. The monoisotopic (exact) mass is 381 g/mol. The van der Waals surface area contributed by atoms with Crippen LogP contribution >= 0.6 is 15.9 Å². The maximum Gasteiger partial charge on any atom is 0.124 e. The second kappa shape index (κ2) is 7.91. The van der Waals surface area contributed by atoms with E-state index < -0.39 is 0 Å². The van der Waals surface area contributed by atoms with Crippen LogP contribution in [0.4, 0.5) is 5.69 Å². The summed E-state index contributed by atoms with van der Waals surface area (Å²) in [5, 5.41) is 12.1. The Kier molecular flexibility index (Phi) is 5.42. The third-order valence-corrected chi connectivity index (χ3v) is 4.00. The van der Waals surface area contributed by atoms with Crippen molar-refractivity contribution in [2.45, 2.75) is 0 Å². The van der Waals surface area contributed by atoms with Crippen molar-refractivity contribution < 1.29 is 5.11 Å². The van der Waals surface area contributed by atoms with E-state index in [1.165, 1.54) is 0 Å². The molecule has 1 aliphatic rings. The SMILES string of the molecule is OCC#CCN=C1CN=C(c2ccccc2)c2ccc(Br)cc2N1. The summed E-state index contributed by atoms with van der Waals surface area (Å²) in [5.74, 6) is 6.15. The van der Waals surface area contributed by atoms with Gasteiger partial charge in [-0.15, -0.1) is 0 Å². The van der Waals surface area contributed by atoms with Crippen LogP contribution in [0, 0.1) is 11.8 Å². The third kappa shape index (κ3) is 3.91. The van der Waals surface area contributed by atoms with Gasteiger partial charge in [0.15, 0.2) is 0 Å². The number of aliphatic imine (C=N–C) groups is 2. The van der Waals surface area contributed by atoms with Crippen LogP contribution in [-0.2, 0) is 0 Å². The molecule has 2 aromatic rings. The lowest BCUT2D eigenvalue weighted by Gasteiger charge is -2.11. The normalized spacial score (nSPS) is 14.8. The fourth-order valence-corrected chi connectivity index (χ4v) is 2.80. The quantitative estimate of drug-likeness (QED) is 0.785. The molecule has 0 amide bonds. The van der Waals surface area contributed by atoms with Crippen molar-refractivity contribution in [3.05, 3.63) is 64.1 Å². The van der Waals surface area contributed by atoms with Crippen molar-refractivity contribution in [3.8, 4) is 11.8 Å². The number of nitrogens with zero attached hydrogens (tertiary/aromatic N) is 2. The number of benzodiazepines with no additional fused rings is 1. The Morgan fingerprint density at radius 3 is 2.79 bits per heavy atom. The van der Waals surface area contributed by atoms with Crippen molar-refractivity contribution in [2.24, 2.45) is 9.98 Å². The molecule has 0 aliphatic carbocycles. The summed E-state index contributed by atoms with van der Waals surface area (Å²) in [4.78, 5) is 9.19. The number of anilines is 1. The van der Waals surface area contributed by atoms with Crippen LogP contribution in [0.25, 0.3) is 0 Å². The minimum atomic E-state index is -0.148. The number of fused-ring (bicyclic) bond motifs is 1. The average Bonchev–Trinajstić information content (AvgIpc) is 2.78. The molecule has 0 atom stereocenters. The molecule has 24 heavy (non-hydrogen) atoms. The van der Waals surface area contributed by atoms with Gasteiger partial charge in [0.1, 0.15) is 19.0 Å². The van der Waals surface area contributed by atoms with Gasteiger partial charge in [0.05, 0.1) is 17.9 Å². The van der Waals surface area contributed by atoms with Gasteiger partial charge in [-0.05, 0) is 18.2 Å². The number of aliphatic hydroxyl groups excluding tert-OH is 1. The van der Waals surface area contributed by atoms with E-state index >= 15 is 0 Å². The van der Waals surface area contributed by atoms with Gasteiger partial charge in [0.2, 0.25) is 0 Å². The van der Waals surface area contributed by atoms with Crippen molar-refractivity contribution in [1.29, 1.82) is 0 Å².